The molecule has 2 aromatic rings. The zero-order chi connectivity index (χ0) is 10.2. The first-order valence-corrected chi connectivity index (χ1v) is 6.83. The minimum Gasteiger partial charge on any atom is -0.747 e. The van der Waals surface area contributed by atoms with E-state index in [1.54, 1.807) is 23.5 Å². The number of hydrogen-bond acceptors (Lipinski definition) is 2. The van der Waals surface area contributed by atoms with Gasteiger partial charge in [-0.25, -0.2) is 12.1 Å². The Labute approximate surface area is 111 Å². The molecule has 0 nitrogen and oxygen atoms in total. The largest absolute Gasteiger partial charge is 0.747 e. The minimum absolute atomic E-state index is 0. The van der Waals surface area contributed by atoms with Crippen molar-refractivity contribution in [2.45, 2.75) is 9.79 Å². The normalized spacial score (nSPS) is 8.67. The first-order valence-electron chi connectivity index (χ1n) is 4.38. The Morgan fingerprint density at radius 2 is 1.47 bits per heavy atom. The van der Waals surface area contributed by atoms with Gasteiger partial charge in [0.05, 0.1) is 0 Å². The molecule has 0 aliphatic carbocycles. The maximum atomic E-state index is 2.10. The molecule has 0 heterocycles. The van der Waals surface area contributed by atoms with Gasteiger partial charge in [-0.2, -0.15) is 23.9 Å². The molecule has 3 heteroatoms. The van der Waals surface area contributed by atoms with E-state index in [1.807, 2.05) is 24.3 Å². The van der Waals surface area contributed by atoms with Gasteiger partial charge in [0, 0.05) is 17.1 Å². The first kappa shape index (κ1) is 14.9. The van der Waals surface area contributed by atoms with Crippen LogP contribution in [0, 0.1) is 0 Å². The molecule has 0 spiro atoms. The molecule has 15 heavy (non-hydrogen) atoms. The van der Waals surface area contributed by atoms with Crippen LogP contribution in [0.1, 0.15) is 0 Å². The maximum Gasteiger partial charge on any atom is 0 e. The number of rotatable bonds is 2. The predicted octanol–water partition coefficient (Wildman–Crippen LogP) is 4.25. The Balaban J connectivity index is 0.000000245. The summed E-state index contributed by atoms with van der Waals surface area (Å²) in [5.41, 5.74) is 0. The maximum absolute atomic E-state index is 2.10. The molecule has 0 fully saturated rings. The molecule has 0 saturated heterocycles. The van der Waals surface area contributed by atoms with Crippen molar-refractivity contribution in [2.75, 3.05) is 12.5 Å². The third kappa shape index (κ3) is 6.16. The molecule has 0 atom stereocenters. The van der Waals surface area contributed by atoms with E-state index in [0.29, 0.717) is 0 Å². The molecule has 0 bridgehead atoms. The quantitative estimate of drug-likeness (QED) is 0.457. The molecule has 0 radical (unpaired) electrons. The Morgan fingerprint density at radius 1 is 0.933 bits per heavy atom. The van der Waals surface area contributed by atoms with E-state index in [0.717, 1.165) is 0 Å². The van der Waals surface area contributed by atoms with Crippen molar-refractivity contribution in [1.82, 2.24) is 0 Å². The first-order chi connectivity index (χ1) is 6.86. The van der Waals surface area contributed by atoms with Gasteiger partial charge in [0.1, 0.15) is 0 Å². The molecule has 0 amide bonds. The van der Waals surface area contributed by atoms with Crippen LogP contribution in [-0.2, 0) is 17.1 Å². The van der Waals surface area contributed by atoms with Crippen molar-refractivity contribution >= 4 is 23.5 Å². The van der Waals surface area contributed by atoms with Gasteiger partial charge in [0.15, 0.2) is 0 Å². The molecule has 2 rings (SSSR count). The van der Waals surface area contributed by atoms with E-state index in [-0.39, 0.29) is 17.1 Å². The van der Waals surface area contributed by atoms with Gasteiger partial charge in [0.2, 0.25) is 0 Å². The smallest absolute Gasteiger partial charge is 0 e. The third-order valence-corrected chi connectivity index (χ3v) is 3.22. The summed E-state index contributed by atoms with van der Waals surface area (Å²) in [6, 6.07) is 16.6. The number of hydrogen-bond donors (Lipinski definition) is 0. The third-order valence-electron chi connectivity index (χ3n) is 1.74. The van der Waals surface area contributed by atoms with Crippen molar-refractivity contribution in [3.63, 3.8) is 0 Å². The fraction of sp³-hybridized carbons (Fsp3) is 0.167. The Hall–Kier alpha value is -0.0805. The second-order valence-electron chi connectivity index (χ2n) is 2.65. The molecule has 0 unspecified atom stereocenters. The molecule has 2 aromatic carbocycles. The SMILES string of the molecule is CS[c-]1[cH-][cH-][cH-][cH-]1.CS[c-]1cccc1.[Fe]. The van der Waals surface area contributed by atoms with Crippen LogP contribution in [0.5, 0.6) is 0 Å². The molecular formula is C12H14FeS2-6. The summed E-state index contributed by atoms with van der Waals surface area (Å²) in [5, 5.41) is 0. The van der Waals surface area contributed by atoms with Crippen LogP contribution < -0.4 is 0 Å². The van der Waals surface area contributed by atoms with Crippen molar-refractivity contribution in [3.8, 4) is 0 Å². The van der Waals surface area contributed by atoms with Gasteiger partial charge < -0.3 is 40.9 Å². The predicted molar refractivity (Wildman–Crippen MR) is 67.6 cm³/mol. The van der Waals surface area contributed by atoms with E-state index in [1.165, 1.54) is 9.79 Å². The van der Waals surface area contributed by atoms with Crippen molar-refractivity contribution in [3.05, 3.63) is 48.5 Å². The summed E-state index contributed by atoms with van der Waals surface area (Å²) in [4.78, 5) is 2.69. The molecule has 0 saturated carbocycles. The van der Waals surface area contributed by atoms with Crippen LogP contribution in [-0.4, -0.2) is 12.5 Å². The van der Waals surface area contributed by atoms with Gasteiger partial charge in [-0.1, -0.05) is 6.26 Å². The van der Waals surface area contributed by atoms with Crippen molar-refractivity contribution in [1.29, 1.82) is 0 Å². The molecular weight excluding hydrogens is 264 g/mol. The average Bonchev–Trinajstić information content (AvgIpc) is 2.92. The summed E-state index contributed by atoms with van der Waals surface area (Å²) in [7, 11) is 0. The van der Waals surface area contributed by atoms with Gasteiger partial charge in [0.25, 0.3) is 0 Å². The summed E-state index contributed by atoms with van der Waals surface area (Å²) in [6.07, 6.45) is 4.16. The Kier molecular flexibility index (Phi) is 9.12. The van der Waals surface area contributed by atoms with Crippen molar-refractivity contribution < 1.29 is 17.1 Å². The second kappa shape index (κ2) is 9.17. The Morgan fingerprint density at radius 3 is 1.73 bits per heavy atom. The fourth-order valence-corrected chi connectivity index (χ4v) is 1.84. The van der Waals surface area contributed by atoms with Gasteiger partial charge in [-0.3, -0.25) is 0 Å². The molecule has 0 aromatic heterocycles. The topological polar surface area (TPSA) is 0 Å². The van der Waals surface area contributed by atoms with Crippen LogP contribution in [0.15, 0.2) is 58.3 Å². The van der Waals surface area contributed by atoms with Crippen LogP contribution in [0.3, 0.4) is 0 Å². The van der Waals surface area contributed by atoms with Gasteiger partial charge >= 0.3 is 0 Å². The average molecular weight is 278 g/mol. The van der Waals surface area contributed by atoms with E-state index < -0.39 is 0 Å². The monoisotopic (exact) mass is 278 g/mol. The summed E-state index contributed by atoms with van der Waals surface area (Å²) in [6.45, 7) is 0. The van der Waals surface area contributed by atoms with Crippen LogP contribution in [0.25, 0.3) is 0 Å². The van der Waals surface area contributed by atoms with Gasteiger partial charge in [-0.15, -0.1) is 4.90 Å². The Bertz CT molecular complexity index is 277. The van der Waals surface area contributed by atoms with Crippen molar-refractivity contribution in [2.24, 2.45) is 0 Å². The summed E-state index contributed by atoms with van der Waals surface area (Å²) in [5.74, 6) is 0. The van der Waals surface area contributed by atoms with Crippen LogP contribution in [0.2, 0.25) is 0 Å². The summed E-state index contributed by atoms with van der Waals surface area (Å²) < 4.78 is 0. The van der Waals surface area contributed by atoms with E-state index >= 15 is 0 Å². The molecule has 88 valence electrons. The fourth-order valence-electron chi connectivity index (χ4n) is 0.985. The van der Waals surface area contributed by atoms with E-state index in [4.69, 9.17) is 0 Å². The van der Waals surface area contributed by atoms with Crippen LogP contribution in [0.4, 0.5) is 0 Å². The molecule has 0 aliphatic rings. The second-order valence-corrected chi connectivity index (χ2v) is 4.41. The van der Waals surface area contributed by atoms with Crippen LogP contribution >= 0.6 is 23.5 Å². The summed E-state index contributed by atoms with van der Waals surface area (Å²) >= 11 is 3.55. The van der Waals surface area contributed by atoms with E-state index in [2.05, 4.69) is 36.8 Å². The van der Waals surface area contributed by atoms with Gasteiger partial charge in [-0.05, 0) is 6.26 Å². The molecule has 0 N–H and O–H groups in total. The van der Waals surface area contributed by atoms with E-state index in [9.17, 15) is 0 Å². The minimum atomic E-state index is 0. The molecule has 0 aliphatic heterocycles. The number of thioether (sulfide) groups is 2. The zero-order valence-electron chi connectivity index (χ0n) is 8.79. The standard InChI is InChI=1S/2C6H7S.Fe/c2*1-7-6-4-2-3-5-6;/h2*2-5H,1H3;/q-5;-1;. The zero-order valence-corrected chi connectivity index (χ0v) is 11.5.